The Balaban J connectivity index is 1.65. The van der Waals surface area contributed by atoms with E-state index in [1.165, 1.54) is 5.56 Å². The van der Waals surface area contributed by atoms with E-state index in [9.17, 15) is 9.59 Å². The Labute approximate surface area is 201 Å². The molecule has 4 aromatic carbocycles. The maximum atomic E-state index is 13.4. The van der Waals surface area contributed by atoms with Crippen molar-refractivity contribution in [3.8, 4) is 21.8 Å². The van der Waals surface area contributed by atoms with Gasteiger partial charge in [0.1, 0.15) is 12.4 Å². The van der Waals surface area contributed by atoms with Crippen molar-refractivity contribution < 1.29 is 9.53 Å². The van der Waals surface area contributed by atoms with E-state index in [0.717, 1.165) is 25.2 Å². The van der Waals surface area contributed by atoms with Gasteiger partial charge in [0.05, 0.1) is 10.8 Å². The zero-order valence-corrected chi connectivity index (χ0v) is 20.0. The predicted octanol–water partition coefficient (Wildman–Crippen LogP) is 7.36. The van der Waals surface area contributed by atoms with E-state index >= 15 is 0 Å². The van der Waals surface area contributed by atoms with Crippen LogP contribution >= 0.6 is 10.5 Å². The van der Waals surface area contributed by atoms with Gasteiger partial charge in [0.25, 0.3) is 0 Å². The SMILES string of the molecule is CC(C)C(=O)COc1ccc2c(c1)c(=O)c1ccccc1[s+]2-c1ccc(-c2ccccc2)cc1. The molecule has 0 fully saturated rings. The van der Waals surface area contributed by atoms with Crippen molar-refractivity contribution in [2.24, 2.45) is 5.92 Å². The number of ketones is 1. The average molecular weight is 466 g/mol. The first-order chi connectivity index (χ1) is 16.5. The lowest BCUT2D eigenvalue weighted by atomic mass is 10.1. The van der Waals surface area contributed by atoms with Crippen LogP contribution in [0.3, 0.4) is 0 Å². The minimum atomic E-state index is -0.415. The number of carbonyl (C=O) groups is 1. The third-order valence-corrected chi connectivity index (χ3v) is 8.32. The van der Waals surface area contributed by atoms with Crippen molar-refractivity contribution in [3.63, 3.8) is 0 Å². The minimum absolute atomic E-state index is 0.00380. The molecule has 0 spiro atoms. The summed E-state index contributed by atoms with van der Waals surface area (Å²) >= 11 is 0. The fourth-order valence-corrected chi connectivity index (χ4v) is 6.36. The maximum absolute atomic E-state index is 13.4. The molecule has 5 aromatic rings. The smallest absolute Gasteiger partial charge is 0.204 e. The highest BCUT2D eigenvalue weighted by molar-refractivity contribution is 7.49. The zero-order valence-electron chi connectivity index (χ0n) is 19.2. The number of fused-ring (bicyclic) bond motifs is 2. The summed E-state index contributed by atoms with van der Waals surface area (Å²) in [5, 5.41) is 1.37. The molecular weight excluding hydrogens is 440 g/mol. The lowest BCUT2D eigenvalue weighted by Crippen LogP contribution is -2.16. The molecule has 0 saturated heterocycles. The van der Waals surface area contributed by atoms with E-state index in [4.69, 9.17) is 4.74 Å². The molecule has 0 amide bonds. The molecule has 0 aliphatic heterocycles. The van der Waals surface area contributed by atoms with Crippen molar-refractivity contribution in [2.45, 2.75) is 13.8 Å². The van der Waals surface area contributed by atoms with Crippen molar-refractivity contribution in [3.05, 3.63) is 107 Å². The van der Waals surface area contributed by atoms with Crippen LogP contribution in [0.5, 0.6) is 5.75 Å². The molecule has 0 radical (unpaired) electrons. The fourth-order valence-electron chi connectivity index (χ4n) is 4.04. The molecule has 0 bridgehead atoms. The van der Waals surface area contributed by atoms with Gasteiger partial charge in [0.15, 0.2) is 20.1 Å². The fraction of sp³-hybridized carbons (Fsp3) is 0.133. The predicted molar refractivity (Wildman–Crippen MR) is 142 cm³/mol. The van der Waals surface area contributed by atoms with Gasteiger partial charge >= 0.3 is 0 Å². The lowest BCUT2D eigenvalue weighted by Gasteiger charge is -2.09. The molecule has 0 N–H and O–H groups in total. The molecule has 0 aliphatic rings. The van der Waals surface area contributed by atoms with Crippen LogP contribution in [0.15, 0.2) is 102 Å². The van der Waals surface area contributed by atoms with Gasteiger partial charge in [-0.2, -0.15) is 0 Å². The monoisotopic (exact) mass is 465 g/mol. The van der Waals surface area contributed by atoms with Crippen molar-refractivity contribution in [1.82, 2.24) is 0 Å². The van der Waals surface area contributed by atoms with E-state index in [-0.39, 0.29) is 23.7 Å². The second kappa shape index (κ2) is 9.24. The van der Waals surface area contributed by atoms with Gasteiger partial charge in [-0.25, -0.2) is 0 Å². The molecular formula is C30H25O3S+. The number of carbonyl (C=O) groups excluding carboxylic acids is 1. The largest absolute Gasteiger partial charge is 0.486 e. The molecule has 34 heavy (non-hydrogen) atoms. The van der Waals surface area contributed by atoms with Gasteiger partial charge in [0, 0.05) is 22.5 Å². The second-order valence-corrected chi connectivity index (χ2v) is 10.6. The topological polar surface area (TPSA) is 43.4 Å². The Bertz CT molecular complexity index is 1550. The van der Waals surface area contributed by atoms with E-state index in [2.05, 4.69) is 42.5 Å². The summed E-state index contributed by atoms with van der Waals surface area (Å²) in [5.74, 6) is 0.493. The Morgan fingerprint density at radius 2 is 1.41 bits per heavy atom. The van der Waals surface area contributed by atoms with Crippen LogP contribution in [0.1, 0.15) is 13.8 Å². The van der Waals surface area contributed by atoms with Crippen LogP contribution in [0, 0.1) is 5.92 Å². The first-order valence-corrected chi connectivity index (χ1v) is 12.6. The Kier molecular flexibility index (Phi) is 5.99. The van der Waals surface area contributed by atoms with E-state index < -0.39 is 10.5 Å². The van der Waals surface area contributed by atoms with Crippen LogP contribution in [-0.4, -0.2) is 12.4 Å². The van der Waals surface area contributed by atoms with Gasteiger partial charge in [-0.3, -0.25) is 9.59 Å². The van der Waals surface area contributed by atoms with Crippen molar-refractivity contribution in [2.75, 3.05) is 6.61 Å². The first-order valence-electron chi connectivity index (χ1n) is 11.4. The number of hydrogen-bond donors (Lipinski definition) is 0. The highest BCUT2D eigenvalue weighted by Gasteiger charge is 2.23. The number of ether oxygens (including phenoxy) is 1. The molecule has 4 heteroatoms. The molecule has 3 nitrogen and oxygen atoms in total. The van der Waals surface area contributed by atoms with E-state index in [1.54, 1.807) is 6.07 Å². The highest BCUT2D eigenvalue weighted by Crippen LogP contribution is 2.44. The molecule has 1 aromatic heterocycles. The molecule has 5 rings (SSSR count). The standard InChI is InChI=1S/C30H25O3S/c1-20(2)27(31)19-33-23-14-17-29-26(18-23)30(32)25-10-6-7-11-28(25)34(29)24-15-12-22(13-16-24)21-8-4-3-5-9-21/h3-18,20H,19H2,1-2H3/q+1. The Morgan fingerprint density at radius 3 is 2.15 bits per heavy atom. The molecule has 168 valence electrons. The van der Waals surface area contributed by atoms with Crippen LogP contribution in [0.4, 0.5) is 0 Å². The van der Waals surface area contributed by atoms with Crippen LogP contribution in [0.2, 0.25) is 0 Å². The van der Waals surface area contributed by atoms with Gasteiger partial charge in [0.2, 0.25) is 5.43 Å². The minimum Gasteiger partial charge on any atom is -0.486 e. The summed E-state index contributed by atoms with van der Waals surface area (Å²) < 4.78 is 7.76. The molecule has 0 aliphatic carbocycles. The summed E-state index contributed by atoms with van der Waals surface area (Å²) in [5.41, 5.74) is 2.33. The Hall–Kier alpha value is -3.76. The summed E-state index contributed by atoms with van der Waals surface area (Å²) in [6.07, 6.45) is 0. The van der Waals surface area contributed by atoms with Gasteiger partial charge < -0.3 is 4.74 Å². The van der Waals surface area contributed by atoms with Crippen LogP contribution in [0.25, 0.3) is 36.2 Å². The van der Waals surface area contributed by atoms with Crippen LogP contribution in [-0.2, 0) is 4.79 Å². The van der Waals surface area contributed by atoms with Crippen molar-refractivity contribution in [1.29, 1.82) is 0 Å². The number of Topliss-reactive ketones (excluding diaryl/α,β-unsaturated/α-hetero) is 1. The summed E-state index contributed by atoms with van der Waals surface area (Å²) in [6.45, 7) is 3.72. The summed E-state index contributed by atoms with van der Waals surface area (Å²) in [7, 11) is -0.415. The normalized spacial score (nSPS) is 11.8. The zero-order chi connectivity index (χ0) is 23.7. The Morgan fingerprint density at radius 1 is 0.765 bits per heavy atom. The van der Waals surface area contributed by atoms with Gasteiger partial charge in [-0.05, 0) is 59.7 Å². The summed E-state index contributed by atoms with van der Waals surface area (Å²) in [6, 6.07) is 32.4. The second-order valence-electron chi connectivity index (χ2n) is 8.59. The molecule has 1 heterocycles. The van der Waals surface area contributed by atoms with Crippen LogP contribution < -0.4 is 10.2 Å². The molecule has 1 unspecified atom stereocenters. The van der Waals surface area contributed by atoms with Crippen molar-refractivity contribution >= 4 is 36.4 Å². The third-order valence-electron chi connectivity index (χ3n) is 5.99. The van der Waals surface area contributed by atoms with Gasteiger partial charge in [-0.15, -0.1) is 0 Å². The van der Waals surface area contributed by atoms with E-state index in [1.807, 2.05) is 62.4 Å². The maximum Gasteiger partial charge on any atom is 0.204 e. The summed E-state index contributed by atoms with van der Waals surface area (Å²) in [4.78, 5) is 26.6. The molecule has 0 saturated carbocycles. The third kappa shape index (κ3) is 4.13. The first kappa shape index (κ1) is 22.1. The van der Waals surface area contributed by atoms with Gasteiger partial charge in [-0.1, -0.05) is 56.3 Å². The molecule has 1 atom stereocenters. The lowest BCUT2D eigenvalue weighted by molar-refractivity contribution is -0.123. The van der Waals surface area contributed by atoms with E-state index in [0.29, 0.717) is 11.1 Å². The quantitative estimate of drug-likeness (QED) is 0.194. The number of hydrogen-bond acceptors (Lipinski definition) is 3. The highest BCUT2D eigenvalue weighted by atomic mass is 32.2. The average Bonchev–Trinajstić information content (AvgIpc) is 2.88. The number of benzene rings is 4. The number of rotatable bonds is 6.